The van der Waals surface area contributed by atoms with Crippen molar-refractivity contribution in [3.8, 4) is 6.07 Å². The molecule has 0 spiro atoms. The Morgan fingerprint density at radius 2 is 1.85 bits per heavy atom. The Kier molecular flexibility index (Phi) is 4.19. The van der Waals surface area contributed by atoms with Crippen LogP contribution in [0.3, 0.4) is 0 Å². The van der Waals surface area contributed by atoms with Gasteiger partial charge in [0.25, 0.3) is 10.0 Å². The van der Waals surface area contributed by atoms with E-state index in [2.05, 4.69) is 4.72 Å². The van der Waals surface area contributed by atoms with Crippen LogP contribution in [0.15, 0.2) is 47.4 Å². The summed E-state index contributed by atoms with van der Waals surface area (Å²) in [7, 11) is -3.75. The van der Waals surface area contributed by atoms with Crippen LogP contribution in [0.1, 0.15) is 5.56 Å². The summed E-state index contributed by atoms with van der Waals surface area (Å²) in [4.78, 5) is 0.0467. The molecule has 0 fully saturated rings. The van der Waals surface area contributed by atoms with Crippen molar-refractivity contribution in [3.63, 3.8) is 0 Å². The van der Waals surface area contributed by atoms with Gasteiger partial charge in [0.05, 0.1) is 21.2 Å². The predicted octanol–water partition coefficient (Wildman–Crippen LogP) is 3.67. The molecular formula is C13H8Cl2N2O2S. The Hall–Kier alpha value is -1.74. The number of sulfonamides is 1. The van der Waals surface area contributed by atoms with Gasteiger partial charge in [-0.3, -0.25) is 4.72 Å². The third-order valence-electron chi connectivity index (χ3n) is 2.45. The van der Waals surface area contributed by atoms with Gasteiger partial charge >= 0.3 is 0 Å². The molecule has 7 heteroatoms. The summed E-state index contributed by atoms with van der Waals surface area (Å²) in [6.07, 6.45) is 0. The van der Waals surface area contributed by atoms with Gasteiger partial charge in [-0.2, -0.15) is 5.26 Å². The van der Waals surface area contributed by atoms with E-state index < -0.39 is 10.0 Å². The summed E-state index contributed by atoms with van der Waals surface area (Å²) in [6.45, 7) is 0. The van der Waals surface area contributed by atoms with E-state index >= 15 is 0 Å². The van der Waals surface area contributed by atoms with Crippen LogP contribution < -0.4 is 4.72 Å². The quantitative estimate of drug-likeness (QED) is 0.935. The van der Waals surface area contributed by atoms with Crippen molar-refractivity contribution >= 4 is 38.9 Å². The van der Waals surface area contributed by atoms with E-state index in [-0.39, 0.29) is 21.2 Å². The summed E-state index contributed by atoms with van der Waals surface area (Å²) < 4.78 is 26.7. The Bertz CT molecular complexity index is 798. The molecule has 0 bridgehead atoms. The van der Waals surface area contributed by atoms with Gasteiger partial charge in [0, 0.05) is 5.02 Å². The van der Waals surface area contributed by atoms with Gasteiger partial charge < -0.3 is 0 Å². The number of benzene rings is 2. The molecule has 0 atom stereocenters. The average Bonchev–Trinajstić information content (AvgIpc) is 2.38. The van der Waals surface area contributed by atoms with Gasteiger partial charge in [0.15, 0.2) is 0 Å². The summed E-state index contributed by atoms with van der Waals surface area (Å²) in [5.41, 5.74) is 0.548. The molecule has 2 aromatic carbocycles. The summed E-state index contributed by atoms with van der Waals surface area (Å²) in [5, 5.41) is 9.27. The minimum absolute atomic E-state index is 0.0467. The number of hydrogen-bond donors (Lipinski definition) is 1. The first kappa shape index (κ1) is 14.7. The summed E-state index contributed by atoms with van der Waals surface area (Å²) >= 11 is 11.6. The van der Waals surface area contributed by atoms with Crippen molar-refractivity contribution in [2.75, 3.05) is 4.72 Å². The molecule has 2 aromatic rings. The lowest BCUT2D eigenvalue weighted by Gasteiger charge is -2.09. The van der Waals surface area contributed by atoms with E-state index in [9.17, 15) is 8.42 Å². The molecule has 0 aromatic heterocycles. The molecule has 20 heavy (non-hydrogen) atoms. The first-order valence-electron chi connectivity index (χ1n) is 5.40. The standard InChI is InChI=1S/C13H8Cl2N2O2S/c14-10-2-1-3-12(6-10)20(18,19)17-11-5-4-9(8-16)13(15)7-11/h1-7,17H. The molecule has 2 rings (SSSR count). The Morgan fingerprint density at radius 1 is 1.10 bits per heavy atom. The van der Waals surface area contributed by atoms with Gasteiger partial charge in [0.1, 0.15) is 6.07 Å². The Balaban J connectivity index is 2.34. The van der Waals surface area contributed by atoms with E-state index in [4.69, 9.17) is 28.5 Å². The number of nitrogens with zero attached hydrogens (tertiary/aromatic N) is 1. The van der Waals surface area contributed by atoms with Gasteiger partial charge in [-0.15, -0.1) is 0 Å². The number of halogens is 2. The third kappa shape index (κ3) is 3.23. The van der Waals surface area contributed by atoms with Crippen molar-refractivity contribution in [3.05, 3.63) is 58.1 Å². The third-order valence-corrected chi connectivity index (χ3v) is 4.37. The van der Waals surface area contributed by atoms with Gasteiger partial charge in [0.2, 0.25) is 0 Å². The average molecular weight is 327 g/mol. The lowest BCUT2D eigenvalue weighted by molar-refractivity contribution is 0.601. The van der Waals surface area contributed by atoms with Crippen LogP contribution in [-0.2, 0) is 10.0 Å². The van der Waals surface area contributed by atoms with E-state index in [1.807, 2.05) is 6.07 Å². The molecule has 0 saturated carbocycles. The van der Waals surface area contributed by atoms with Crippen LogP contribution in [0.5, 0.6) is 0 Å². The number of nitrogens with one attached hydrogen (secondary N) is 1. The smallest absolute Gasteiger partial charge is 0.261 e. The molecule has 0 radical (unpaired) electrons. The first-order valence-corrected chi connectivity index (χ1v) is 7.64. The second-order valence-corrected chi connectivity index (χ2v) is 6.40. The molecule has 0 aliphatic carbocycles. The zero-order chi connectivity index (χ0) is 14.8. The SMILES string of the molecule is N#Cc1ccc(NS(=O)(=O)c2cccc(Cl)c2)cc1Cl. The van der Waals surface area contributed by atoms with Crippen LogP contribution in [0.4, 0.5) is 5.69 Å². The van der Waals surface area contributed by atoms with E-state index in [0.29, 0.717) is 5.02 Å². The molecule has 0 saturated heterocycles. The summed E-state index contributed by atoms with van der Waals surface area (Å²) in [6, 6.07) is 12.1. The van der Waals surface area contributed by atoms with Crippen molar-refractivity contribution < 1.29 is 8.42 Å². The lowest BCUT2D eigenvalue weighted by Crippen LogP contribution is -2.12. The lowest BCUT2D eigenvalue weighted by atomic mass is 10.2. The van der Waals surface area contributed by atoms with E-state index in [1.54, 1.807) is 12.1 Å². The Labute approximate surface area is 126 Å². The Morgan fingerprint density at radius 3 is 2.45 bits per heavy atom. The van der Waals surface area contributed by atoms with E-state index in [0.717, 1.165) is 0 Å². The van der Waals surface area contributed by atoms with Crippen molar-refractivity contribution in [2.24, 2.45) is 0 Å². The summed E-state index contributed by atoms with van der Waals surface area (Å²) in [5.74, 6) is 0. The molecule has 4 nitrogen and oxygen atoms in total. The minimum atomic E-state index is -3.75. The van der Waals surface area contributed by atoms with Crippen molar-refractivity contribution in [1.82, 2.24) is 0 Å². The molecule has 0 heterocycles. The van der Waals surface area contributed by atoms with Crippen LogP contribution in [0.2, 0.25) is 10.0 Å². The normalized spacial score (nSPS) is 10.8. The number of rotatable bonds is 3. The highest BCUT2D eigenvalue weighted by atomic mass is 35.5. The van der Waals surface area contributed by atoms with Crippen LogP contribution >= 0.6 is 23.2 Å². The molecule has 0 aliphatic heterocycles. The number of anilines is 1. The van der Waals surface area contributed by atoms with Gasteiger partial charge in [-0.05, 0) is 36.4 Å². The predicted molar refractivity (Wildman–Crippen MR) is 78.4 cm³/mol. The number of nitriles is 1. The van der Waals surface area contributed by atoms with Crippen LogP contribution in [-0.4, -0.2) is 8.42 Å². The van der Waals surface area contributed by atoms with Crippen molar-refractivity contribution in [1.29, 1.82) is 5.26 Å². The van der Waals surface area contributed by atoms with Gasteiger partial charge in [-0.1, -0.05) is 29.3 Å². The fourth-order valence-corrected chi connectivity index (χ4v) is 3.09. The van der Waals surface area contributed by atoms with Crippen LogP contribution in [0, 0.1) is 11.3 Å². The fraction of sp³-hybridized carbons (Fsp3) is 0. The molecule has 0 amide bonds. The molecule has 102 valence electrons. The maximum absolute atomic E-state index is 12.1. The number of hydrogen-bond acceptors (Lipinski definition) is 3. The monoisotopic (exact) mass is 326 g/mol. The topological polar surface area (TPSA) is 70.0 Å². The highest BCUT2D eigenvalue weighted by Gasteiger charge is 2.15. The maximum atomic E-state index is 12.1. The molecular weight excluding hydrogens is 319 g/mol. The molecule has 0 aliphatic rings. The highest BCUT2D eigenvalue weighted by Crippen LogP contribution is 2.23. The minimum Gasteiger partial charge on any atom is -0.280 e. The highest BCUT2D eigenvalue weighted by molar-refractivity contribution is 7.92. The largest absolute Gasteiger partial charge is 0.280 e. The van der Waals surface area contributed by atoms with Crippen molar-refractivity contribution in [2.45, 2.75) is 4.90 Å². The first-order chi connectivity index (χ1) is 9.42. The second kappa shape index (κ2) is 5.71. The zero-order valence-corrected chi connectivity index (χ0v) is 12.3. The maximum Gasteiger partial charge on any atom is 0.261 e. The molecule has 0 unspecified atom stereocenters. The molecule has 1 N–H and O–H groups in total. The van der Waals surface area contributed by atoms with E-state index in [1.165, 1.54) is 30.3 Å². The van der Waals surface area contributed by atoms with Crippen LogP contribution in [0.25, 0.3) is 0 Å². The second-order valence-electron chi connectivity index (χ2n) is 3.87. The van der Waals surface area contributed by atoms with Gasteiger partial charge in [-0.25, -0.2) is 8.42 Å². The zero-order valence-electron chi connectivity index (χ0n) is 9.97. The fourth-order valence-electron chi connectivity index (χ4n) is 1.52.